The van der Waals surface area contributed by atoms with Gasteiger partial charge >= 0.3 is 0 Å². The number of aromatic nitrogens is 2. The normalized spacial score (nSPS) is 15.6. The molecule has 0 amide bonds. The molecule has 1 fully saturated rings. The molecule has 1 aromatic heterocycles. The molecule has 0 aliphatic carbocycles. The fraction of sp³-hybridized carbons (Fsp3) is 0.333. The molecule has 0 bridgehead atoms. The molecule has 2 aromatic rings. The number of halogens is 3. The molecule has 2 heterocycles. The second-order valence-electron chi connectivity index (χ2n) is 5.32. The van der Waals surface area contributed by atoms with Crippen molar-refractivity contribution in [3.8, 4) is 0 Å². The average molecular weight is 340 g/mol. The van der Waals surface area contributed by atoms with E-state index in [2.05, 4.69) is 9.97 Å². The Morgan fingerprint density at radius 2 is 1.74 bits per heavy atom. The summed E-state index contributed by atoms with van der Waals surface area (Å²) in [6.45, 7) is 2.77. The highest BCUT2D eigenvalue weighted by Crippen LogP contribution is 2.28. The molecule has 1 aliphatic rings. The van der Waals surface area contributed by atoms with Gasteiger partial charge in [-0.15, -0.1) is 0 Å². The third-order valence-corrected chi connectivity index (χ3v) is 4.22. The standard InChI is InChI=1S/C15H16ClF2N5/c16-13-14(19)20-9-21-15(13)23-5-1-4-22(6-7-23)10-2-3-11(17)12(18)8-10/h2-3,8-9H,1,4-7H2,(H2,19,20,21). The molecule has 2 N–H and O–H groups in total. The summed E-state index contributed by atoms with van der Waals surface area (Å²) < 4.78 is 26.5. The van der Waals surface area contributed by atoms with Crippen molar-refractivity contribution in [3.05, 3.63) is 41.2 Å². The fourth-order valence-electron chi connectivity index (χ4n) is 2.66. The lowest BCUT2D eigenvalue weighted by Crippen LogP contribution is -2.31. The van der Waals surface area contributed by atoms with Gasteiger partial charge in [-0.3, -0.25) is 0 Å². The highest BCUT2D eigenvalue weighted by molar-refractivity contribution is 6.35. The van der Waals surface area contributed by atoms with Gasteiger partial charge in [0.2, 0.25) is 0 Å². The predicted molar refractivity (Wildman–Crippen MR) is 86.9 cm³/mol. The molecule has 5 nitrogen and oxygen atoms in total. The number of nitrogens with two attached hydrogens (primary N) is 1. The van der Waals surface area contributed by atoms with Crippen LogP contribution < -0.4 is 15.5 Å². The lowest BCUT2D eigenvalue weighted by atomic mass is 10.2. The molecule has 0 saturated carbocycles. The number of hydrogen-bond donors (Lipinski definition) is 1. The minimum Gasteiger partial charge on any atom is -0.382 e. The first-order valence-electron chi connectivity index (χ1n) is 7.27. The maximum atomic E-state index is 13.4. The van der Waals surface area contributed by atoms with Crippen LogP contribution in [0.25, 0.3) is 0 Å². The molecule has 8 heteroatoms. The highest BCUT2D eigenvalue weighted by Gasteiger charge is 2.20. The molecule has 23 heavy (non-hydrogen) atoms. The van der Waals surface area contributed by atoms with Crippen molar-refractivity contribution in [2.75, 3.05) is 41.7 Å². The number of benzene rings is 1. The van der Waals surface area contributed by atoms with E-state index in [0.29, 0.717) is 29.6 Å². The van der Waals surface area contributed by atoms with Crippen molar-refractivity contribution in [2.45, 2.75) is 6.42 Å². The van der Waals surface area contributed by atoms with Crippen LogP contribution in [0.2, 0.25) is 5.02 Å². The monoisotopic (exact) mass is 339 g/mol. The Labute approximate surface area is 137 Å². The van der Waals surface area contributed by atoms with Gasteiger partial charge in [0.15, 0.2) is 17.5 Å². The van der Waals surface area contributed by atoms with Gasteiger partial charge in [-0.05, 0) is 18.6 Å². The predicted octanol–water partition coefficient (Wildman–Crippen LogP) is 2.71. The van der Waals surface area contributed by atoms with E-state index < -0.39 is 11.6 Å². The van der Waals surface area contributed by atoms with Crippen LogP contribution in [-0.2, 0) is 0 Å². The first-order valence-corrected chi connectivity index (χ1v) is 7.65. The maximum Gasteiger partial charge on any atom is 0.160 e. The van der Waals surface area contributed by atoms with Gasteiger partial charge in [0.05, 0.1) is 0 Å². The van der Waals surface area contributed by atoms with Crippen LogP contribution in [-0.4, -0.2) is 36.1 Å². The molecule has 1 saturated heterocycles. The minimum absolute atomic E-state index is 0.248. The van der Waals surface area contributed by atoms with Crippen LogP contribution in [0, 0.1) is 11.6 Å². The number of nitrogens with zero attached hydrogens (tertiary/aromatic N) is 4. The summed E-state index contributed by atoms with van der Waals surface area (Å²) >= 11 is 6.17. The van der Waals surface area contributed by atoms with E-state index in [9.17, 15) is 8.78 Å². The maximum absolute atomic E-state index is 13.4. The molecule has 0 unspecified atom stereocenters. The molecular weight excluding hydrogens is 324 g/mol. The van der Waals surface area contributed by atoms with Crippen molar-refractivity contribution >= 4 is 28.9 Å². The summed E-state index contributed by atoms with van der Waals surface area (Å²) in [5.41, 5.74) is 6.38. The van der Waals surface area contributed by atoms with E-state index in [1.807, 2.05) is 9.80 Å². The zero-order chi connectivity index (χ0) is 16.4. The third kappa shape index (κ3) is 3.29. The van der Waals surface area contributed by atoms with Gasteiger partial charge in [-0.2, -0.15) is 0 Å². The smallest absolute Gasteiger partial charge is 0.160 e. The van der Waals surface area contributed by atoms with Gasteiger partial charge in [-0.1, -0.05) is 11.6 Å². The summed E-state index contributed by atoms with van der Waals surface area (Å²) in [4.78, 5) is 12.1. The van der Waals surface area contributed by atoms with Gasteiger partial charge in [-0.25, -0.2) is 18.7 Å². The van der Waals surface area contributed by atoms with Gasteiger partial charge in [0.25, 0.3) is 0 Å². The Morgan fingerprint density at radius 3 is 2.52 bits per heavy atom. The van der Waals surface area contributed by atoms with Gasteiger partial charge in [0, 0.05) is 37.9 Å². The zero-order valence-corrected chi connectivity index (χ0v) is 13.1. The number of anilines is 3. The number of rotatable bonds is 2. The largest absolute Gasteiger partial charge is 0.382 e. The molecule has 0 atom stereocenters. The van der Waals surface area contributed by atoms with E-state index >= 15 is 0 Å². The molecule has 0 spiro atoms. The Morgan fingerprint density at radius 1 is 1.00 bits per heavy atom. The first-order chi connectivity index (χ1) is 11.1. The number of nitrogen functional groups attached to an aromatic ring is 1. The summed E-state index contributed by atoms with van der Waals surface area (Å²) in [7, 11) is 0. The van der Waals surface area contributed by atoms with E-state index in [1.165, 1.54) is 12.4 Å². The van der Waals surface area contributed by atoms with E-state index in [4.69, 9.17) is 17.3 Å². The molecule has 122 valence electrons. The van der Waals surface area contributed by atoms with Crippen LogP contribution in [0.15, 0.2) is 24.5 Å². The van der Waals surface area contributed by atoms with Crippen LogP contribution in [0.3, 0.4) is 0 Å². The van der Waals surface area contributed by atoms with Crippen molar-refractivity contribution < 1.29 is 8.78 Å². The highest BCUT2D eigenvalue weighted by atomic mass is 35.5. The molecule has 1 aliphatic heterocycles. The van der Waals surface area contributed by atoms with Crippen molar-refractivity contribution in [3.63, 3.8) is 0 Å². The fourth-order valence-corrected chi connectivity index (χ4v) is 2.88. The lowest BCUT2D eigenvalue weighted by molar-refractivity contribution is 0.508. The van der Waals surface area contributed by atoms with Crippen LogP contribution >= 0.6 is 11.6 Å². The van der Waals surface area contributed by atoms with E-state index in [0.717, 1.165) is 25.6 Å². The Balaban J connectivity index is 1.76. The van der Waals surface area contributed by atoms with Crippen molar-refractivity contribution in [2.24, 2.45) is 0 Å². The Hall–Kier alpha value is -2.15. The minimum atomic E-state index is -0.839. The molecule has 0 radical (unpaired) electrons. The number of hydrogen-bond acceptors (Lipinski definition) is 5. The topological polar surface area (TPSA) is 58.3 Å². The second kappa shape index (κ2) is 6.54. The van der Waals surface area contributed by atoms with Gasteiger partial charge in [0.1, 0.15) is 17.2 Å². The SMILES string of the molecule is Nc1ncnc(N2CCCN(c3ccc(F)c(F)c3)CC2)c1Cl. The van der Waals surface area contributed by atoms with Gasteiger partial charge < -0.3 is 15.5 Å². The van der Waals surface area contributed by atoms with Crippen LogP contribution in [0.4, 0.5) is 26.1 Å². The summed E-state index contributed by atoms with van der Waals surface area (Å²) in [6.07, 6.45) is 2.22. The third-order valence-electron chi connectivity index (χ3n) is 3.86. The molecular formula is C15H16ClF2N5. The van der Waals surface area contributed by atoms with Crippen LogP contribution in [0.5, 0.6) is 0 Å². The molecule has 1 aromatic carbocycles. The quantitative estimate of drug-likeness (QED) is 0.911. The van der Waals surface area contributed by atoms with E-state index in [1.54, 1.807) is 6.07 Å². The summed E-state index contributed by atoms with van der Waals surface area (Å²) in [6, 6.07) is 3.96. The average Bonchev–Trinajstić information content (AvgIpc) is 2.79. The van der Waals surface area contributed by atoms with Crippen LogP contribution in [0.1, 0.15) is 6.42 Å². The van der Waals surface area contributed by atoms with E-state index in [-0.39, 0.29) is 5.82 Å². The zero-order valence-electron chi connectivity index (χ0n) is 12.3. The molecule has 3 rings (SSSR count). The first kappa shape index (κ1) is 15.7. The Bertz CT molecular complexity index is 712. The Kier molecular flexibility index (Phi) is 4.47. The summed E-state index contributed by atoms with van der Waals surface area (Å²) in [5, 5.41) is 0.341. The second-order valence-corrected chi connectivity index (χ2v) is 5.70. The van der Waals surface area contributed by atoms with Crippen molar-refractivity contribution in [1.82, 2.24) is 9.97 Å². The summed E-state index contributed by atoms with van der Waals surface area (Å²) in [5.74, 6) is -0.826. The van der Waals surface area contributed by atoms with Crippen molar-refractivity contribution in [1.29, 1.82) is 0 Å². The lowest BCUT2D eigenvalue weighted by Gasteiger charge is -2.24.